The van der Waals surface area contributed by atoms with Crippen molar-refractivity contribution in [3.05, 3.63) is 36.9 Å². The summed E-state index contributed by atoms with van der Waals surface area (Å²) in [6, 6.07) is 3.51. The lowest BCUT2D eigenvalue weighted by Crippen LogP contribution is -2.50. The third-order valence-electron chi connectivity index (χ3n) is 3.73. The van der Waals surface area contributed by atoms with Crippen LogP contribution in [0.4, 0.5) is 0 Å². The zero-order valence-corrected chi connectivity index (χ0v) is 13.8. The first-order chi connectivity index (χ1) is 11.6. The fraction of sp³-hybridized carbons (Fsp3) is 0.375. The van der Waals surface area contributed by atoms with Crippen molar-refractivity contribution in [1.29, 1.82) is 0 Å². The average molecular weight is 350 g/mol. The first kappa shape index (κ1) is 17.0. The van der Waals surface area contributed by atoms with Gasteiger partial charge in [0.1, 0.15) is 23.7 Å². The van der Waals surface area contributed by atoms with Crippen molar-refractivity contribution in [3.8, 4) is 22.6 Å². The summed E-state index contributed by atoms with van der Waals surface area (Å²) in [6.45, 7) is 0. The van der Waals surface area contributed by atoms with E-state index in [2.05, 4.69) is 9.97 Å². The predicted octanol–water partition coefficient (Wildman–Crippen LogP) is 0.687. The summed E-state index contributed by atoms with van der Waals surface area (Å²) in [5.74, 6) is 1.39. The van der Waals surface area contributed by atoms with Crippen molar-refractivity contribution in [2.45, 2.75) is 23.7 Å². The highest BCUT2D eigenvalue weighted by atomic mass is 32.2. The monoisotopic (exact) mass is 350 g/mol. The van der Waals surface area contributed by atoms with Crippen LogP contribution in [-0.4, -0.2) is 61.9 Å². The summed E-state index contributed by atoms with van der Waals surface area (Å²) in [6.07, 6.45) is 3.11. The quantitative estimate of drug-likeness (QED) is 0.740. The van der Waals surface area contributed by atoms with Crippen LogP contribution in [0.1, 0.15) is 0 Å². The van der Waals surface area contributed by atoms with Crippen molar-refractivity contribution in [2.75, 3.05) is 12.9 Å². The highest BCUT2D eigenvalue weighted by Gasteiger charge is 2.38. The molecule has 0 bridgehead atoms. The van der Waals surface area contributed by atoms with Gasteiger partial charge < -0.3 is 24.8 Å². The molecule has 1 aliphatic rings. The van der Waals surface area contributed by atoms with Crippen molar-refractivity contribution in [2.24, 2.45) is 0 Å². The number of nitrogens with zero attached hydrogens (tertiary/aromatic N) is 2. The van der Waals surface area contributed by atoms with Gasteiger partial charge in [-0.2, -0.15) is 0 Å². The van der Waals surface area contributed by atoms with E-state index >= 15 is 0 Å². The maximum Gasteiger partial charge on any atom is 0.173 e. The Balaban J connectivity index is 1.81. The van der Waals surface area contributed by atoms with Crippen LogP contribution in [-0.2, 0) is 0 Å². The molecule has 1 saturated heterocycles. The van der Waals surface area contributed by atoms with Crippen molar-refractivity contribution in [1.82, 2.24) is 9.97 Å². The molecule has 2 aromatic heterocycles. The number of ether oxygens (including phenoxy) is 2. The molecule has 1 aliphatic heterocycles. The van der Waals surface area contributed by atoms with E-state index in [-0.39, 0.29) is 5.75 Å². The van der Waals surface area contributed by atoms with E-state index in [4.69, 9.17) is 9.47 Å². The number of pyridine rings is 2. The van der Waals surface area contributed by atoms with E-state index in [1.165, 1.54) is 18.0 Å². The summed E-state index contributed by atoms with van der Waals surface area (Å²) in [4.78, 5) is 8.24. The molecule has 0 aliphatic carbocycles. The van der Waals surface area contributed by atoms with Crippen LogP contribution >= 0.6 is 11.8 Å². The third kappa shape index (κ3) is 3.46. The molecule has 0 spiro atoms. The van der Waals surface area contributed by atoms with Gasteiger partial charge in [-0.15, -0.1) is 11.8 Å². The molecule has 2 aromatic rings. The van der Waals surface area contributed by atoms with Gasteiger partial charge in [0.05, 0.1) is 19.4 Å². The van der Waals surface area contributed by atoms with Gasteiger partial charge >= 0.3 is 0 Å². The van der Waals surface area contributed by atoms with Crippen LogP contribution in [0.3, 0.4) is 0 Å². The van der Waals surface area contributed by atoms with E-state index in [1.807, 2.05) is 0 Å². The maximum absolute atomic E-state index is 10.0. The summed E-state index contributed by atoms with van der Waals surface area (Å²) in [5, 5.41) is 29.4. The van der Waals surface area contributed by atoms with Crippen LogP contribution in [0.15, 0.2) is 36.9 Å². The van der Waals surface area contributed by atoms with Crippen LogP contribution < -0.4 is 9.47 Å². The minimum atomic E-state index is -1.23. The molecule has 3 rings (SSSR count). The normalized spacial score (nSPS) is 26.8. The third-order valence-corrected chi connectivity index (χ3v) is 4.97. The van der Waals surface area contributed by atoms with Gasteiger partial charge in [-0.1, -0.05) is 0 Å². The van der Waals surface area contributed by atoms with E-state index in [9.17, 15) is 15.3 Å². The maximum atomic E-state index is 10.0. The van der Waals surface area contributed by atoms with Crippen molar-refractivity contribution < 1.29 is 24.8 Å². The van der Waals surface area contributed by atoms with Gasteiger partial charge in [-0.05, 0) is 12.1 Å². The summed E-state index contributed by atoms with van der Waals surface area (Å²) in [7, 11) is 1.58. The van der Waals surface area contributed by atoms with Gasteiger partial charge in [0.2, 0.25) is 0 Å². The van der Waals surface area contributed by atoms with Crippen molar-refractivity contribution >= 4 is 11.8 Å². The number of rotatable bonds is 4. The largest absolute Gasteiger partial charge is 0.496 e. The van der Waals surface area contributed by atoms with Crippen LogP contribution in [0, 0.1) is 0 Å². The second-order valence-corrected chi connectivity index (χ2v) is 6.48. The summed E-state index contributed by atoms with van der Waals surface area (Å²) >= 11 is 1.24. The molecule has 4 atom stereocenters. The average Bonchev–Trinajstić information content (AvgIpc) is 2.62. The molecule has 0 radical (unpaired) electrons. The van der Waals surface area contributed by atoms with E-state index in [0.717, 1.165) is 11.1 Å². The Morgan fingerprint density at radius 3 is 2.75 bits per heavy atom. The first-order valence-corrected chi connectivity index (χ1v) is 8.41. The molecule has 0 amide bonds. The van der Waals surface area contributed by atoms with Gasteiger partial charge in [0, 0.05) is 35.5 Å². The second kappa shape index (κ2) is 7.35. The topological polar surface area (TPSA) is 105 Å². The zero-order valence-electron chi connectivity index (χ0n) is 12.9. The number of aromatic nitrogens is 2. The predicted molar refractivity (Wildman–Crippen MR) is 88.9 cm³/mol. The van der Waals surface area contributed by atoms with Gasteiger partial charge in [-0.25, -0.2) is 0 Å². The Labute approximate surface area is 143 Å². The highest BCUT2D eigenvalue weighted by Crippen LogP contribution is 2.33. The SMILES string of the molecule is COc1ccncc1-c1cncc(O[C@@H]2SC[C@@H](O)[C@H](O)[C@H]2O)c1. The molecule has 0 unspecified atom stereocenters. The molecule has 1 fully saturated rings. The number of hydrogen-bond acceptors (Lipinski definition) is 8. The number of aliphatic hydroxyl groups is 3. The fourth-order valence-electron chi connectivity index (χ4n) is 2.42. The van der Waals surface area contributed by atoms with Gasteiger partial charge in [0.25, 0.3) is 0 Å². The highest BCUT2D eigenvalue weighted by molar-refractivity contribution is 7.99. The molecule has 8 heteroatoms. The van der Waals surface area contributed by atoms with Gasteiger partial charge in [0.15, 0.2) is 5.44 Å². The van der Waals surface area contributed by atoms with E-state index in [1.54, 1.807) is 37.8 Å². The van der Waals surface area contributed by atoms with Gasteiger partial charge in [-0.3, -0.25) is 9.97 Å². The molecule has 24 heavy (non-hydrogen) atoms. The standard InChI is InChI=1S/C16H18N2O5S/c1-22-13-2-3-17-7-11(13)9-4-10(6-18-5-9)23-16-15(21)14(20)12(19)8-24-16/h2-7,12,14-16,19-21H,8H2,1H3/t12-,14+,15-,16-/m1/s1. The Morgan fingerprint density at radius 2 is 1.96 bits per heavy atom. The minimum Gasteiger partial charge on any atom is -0.496 e. The molecular formula is C16H18N2O5S. The summed E-state index contributed by atoms with van der Waals surface area (Å²) < 4.78 is 11.1. The Morgan fingerprint density at radius 1 is 1.12 bits per heavy atom. The molecule has 0 aromatic carbocycles. The molecule has 0 saturated carbocycles. The molecular weight excluding hydrogens is 332 g/mol. The zero-order chi connectivity index (χ0) is 17.1. The lowest BCUT2D eigenvalue weighted by Gasteiger charge is -2.34. The molecule has 3 heterocycles. The van der Waals surface area contributed by atoms with Crippen LogP contribution in [0.25, 0.3) is 11.1 Å². The van der Waals surface area contributed by atoms with Crippen LogP contribution in [0.5, 0.6) is 11.5 Å². The number of methoxy groups -OCH3 is 1. The van der Waals surface area contributed by atoms with Crippen LogP contribution in [0.2, 0.25) is 0 Å². The number of aliphatic hydroxyl groups excluding tert-OH is 3. The smallest absolute Gasteiger partial charge is 0.173 e. The minimum absolute atomic E-state index is 0.284. The Hall–Kier alpha value is -1.87. The molecule has 7 nitrogen and oxygen atoms in total. The Kier molecular flexibility index (Phi) is 5.20. The lowest BCUT2D eigenvalue weighted by molar-refractivity contribution is -0.0786. The molecule has 128 valence electrons. The van der Waals surface area contributed by atoms with E-state index in [0.29, 0.717) is 11.5 Å². The van der Waals surface area contributed by atoms with E-state index < -0.39 is 23.7 Å². The fourth-order valence-corrected chi connectivity index (χ4v) is 3.55. The van der Waals surface area contributed by atoms with Crippen molar-refractivity contribution in [3.63, 3.8) is 0 Å². The second-order valence-electron chi connectivity index (χ2n) is 5.35. The first-order valence-electron chi connectivity index (χ1n) is 7.36. The Bertz CT molecular complexity index is 702. The number of thioether (sulfide) groups is 1. The molecule has 3 N–H and O–H groups in total. The lowest BCUT2D eigenvalue weighted by atomic mass is 10.1. The number of hydrogen-bond donors (Lipinski definition) is 3. The summed E-state index contributed by atoms with van der Waals surface area (Å²) in [5.41, 5.74) is 0.842.